The first kappa shape index (κ1) is 12.9. The maximum absolute atomic E-state index is 11.7. The maximum atomic E-state index is 11.7. The highest BCUT2D eigenvalue weighted by Gasteiger charge is 2.29. The number of aliphatic hydroxyl groups excluding tert-OH is 1. The Kier molecular flexibility index (Phi) is 4.17. The second-order valence-corrected chi connectivity index (χ2v) is 4.31. The zero-order valence-corrected chi connectivity index (χ0v) is 10.3. The summed E-state index contributed by atoms with van der Waals surface area (Å²) in [6.07, 6.45) is -0.0370. The summed E-state index contributed by atoms with van der Waals surface area (Å²) in [6, 6.07) is 6.95. The maximum Gasteiger partial charge on any atom is 0.323 e. The van der Waals surface area contributed by atoms with Crippen LogP contribution in [0, 0.1) is 0 Å². The lowest BCUT2D eigenvalue weighted by Gasteiger charge is -2.10. The van der Waals surface area contributed by atoms with E-state index in [2.05, 4.69) is 5.32 Å². The molecule has 1 aromatic rings. The minimum Gasteiger partial charge on any atom is -0.497 e. The zero-order valence-electron chi connectivity index (χ0n) is 10.3. The fraction of sp³-hybridized carbons (Fsp3) is 0.462. The molecule has 1 unspecified atom stereocenters. The minimum atomic E-state index is -0.455. The van der Waals surface area contributed by atoms with E-state index in [4.69, 9.17) is 9.47 Å². The number of ether oxygens (including phenoxy) is 2. The molecule has 0 bridgehead atoms. The smallest absolute Gasteiger partial charge is 0.323 e. The van der Waals surface area contributed by atoms with E-state index in [1.807, 2.05) is 24.3 Å². The monoisotopic (exact) mass is 251 g/mol. The van der Waals surface area contributed by atoms with Crippen LogP contribution in [0.15, 0.2) is 24.3 Å². The van der Waals surface area contributed by atoms with Crippen LogP contribution in [-0.2, 0) is 16.1 Å². The molecule has 0 spiro atoms. The topological polar surface area (TPSA) is 67.8 Å². The zero-order chi connectivity index (χ0) is 13.0. The van der Waals surface area contributed by atoms with Crippen molar-refractivity contribution in [2.45, 2.75) is 25.2 Å². The summed E-state index contributed by atoms with van der Waals surface area (Å²) >= 11 is 0. The number of hydrogen-bond donors (Lipinski definition) is 2. The molecular weight excluding hydrogens is 234 g/mol. The molecule has 5 heteroatoms. The van der Waals surface area contributed by atoms with E-state index in [-0.39, 0.29) is 12.6 Å². The van der Waals surface area contributed by atoms with Crippen LogP contribution in [0.1, 0.15) is 12.0 Å². The summed E-state index contributed by atoms with van der Waals surface area (Å²) in [7, 11) is 1.60. The van der Waals surface area contributed by atoms with Gasteiger partial charge in [-0.1, -0.05) is 12.1 Å². The predicted octanol–water partition coefficient (Wildman–Crippen LogP) is 0.461. The average Bonchev–Trinajstić information content (AvgIpc) is 2.83. The van der Waals surface area contributed by atoms with Crippen molar-refractivity contribution >= 4 is 5.97 Å². The lowest BCUT2D eigenvalue weighted by Crippen LogP contribution is -2.32. The van der Waals surface area contributed by atoms with Gasteiger partial charge in [0.15, 0.2) is 0 Å². The van der Waals surface area contributed by atoms with E-state index in [9.17, 15) is 9.90 Å². The third kappa shape index (κ3) is 3.21. The standard InChI is InChI=1S/C13H17NO4/c1-17-11-4-2-9(3-5-11)8-18-13(16)12-6-10(15)7-14-12/h2-5,10,12,14-15H,6-8H2,1H3/t10?,12-/m0/s1. The second-order valence-electron chi connectivity index (χ2n) is 4.31. The number of rotatable bonds is 4. The van der Waals surface area contributed by atoms with Gasteiger partial charge in [0.2, 0.25) is 0 Å². The van der Waals surface area contributed by atoms with Gasteiger partial charge in [-0.2, -0.15) is 0 Å². The third-order valence-electron chi connectivity index (χ3n) is 2.93. The Labute approximate surface area is 106 Å². The summed E-state index contributed by atoms with van der Waals surface area (Å²) in [5, 5.41) is 12.2. The van der Waals surface area contributed by atoms with E-state index in [0.717, 1.165) is 11.3 Å². The van der Waals surface area contributed by atoms with Crippen molar-refractivity contribution < 1.29 is 19.4 Å². The summed E-state index contributed by atoms with van der Waals surface area (Å²) in [4.78, 5) is 11.7. The van der Waals surface area contributed by atoms with Gasteiger partial charge in [0, 0.05) is 13.0 Å². The van der Waals surface area contributed by atoms with Crippen molar-refractivity contribution in [3.8, 4) is 5.75 Å². The number of benzene rings is 1. The highest BCUT2D eigenvalue weighted by atomic mass is 16.5. The Morgan fingerprint density at radius 2 is 2.17 bits per heavy atom. The van der Waals surface area contributed by atoms with E-state index in [1.54, 1.807) is 7.11 Å². The van der Waals surface area contributed by atoms with Crippen LogP contribution < -0.4 is 10.1 Å². The predicted molar refractivity (Wildman–Crippen MR) is 65.2 cm³/mol. The Morgan fingerprint density at radius 1 is 1.44 bits per heavy atom. The normalized spacial score (nSPS) is 22.8. The van der Waals surface area contributed by atoms with Crippen molar-refractivity contribution in [3.05, 3.63) is 29.8 Å². The van der Waals surface area contributed by atoms with Crippen LogP contribution in [0.2, 0.25) is 0 Å². The molecule has 2 atom stereocenters. The Hall–Kier alpha value is -1.59. The van der Waals surface area contributed by atoms with Crippen molar-refractivity contribution in [2.24, 2.45) is 0 Å². The largest absolute Gasteiger partial charge is 0.497 e. The Balaban J connectivity index is 1.81. The molecule has 0 radical (unpaired) electrons. The summed E-state index contributed by atoms with van der Waals surface area (Å²) in [5.41, 5.74) is 0.905. The lowest BCUT2D eigenvalue weighted by atomic mass is 10.2. The summed E-state index contributed by atoms with van der Waals surface area (Å²) < 4.78 is 10.2. The molecule has 18 heavy (non-hydrogen) atoms. The summed E-state index contributed by atoms with van der Waals surface area (Å²) in [6.45, 7) is 0.680. The van der Waals surface area contributed by atoms with Gasteiger partial charge in [-0.25, -0.2) is 0 Å². The van der Waals surface area contributed by atoms with Gasteiger partial charge in [0.1, 0.15) is 18.4 Å². The molecule has 1 aliphatic heterocycles. The molecule has 1 fully saturated rings. The van der Waals surface area contributed by atoms with E-state index >= 15 is 0 Å². The van der Waals surface area contributed by atoms with Crippen LogP contribution in [0.4, 0.5) is 0 Å². The molecule has 1 heterocycles. The van der Waals surface area contributed by atoms with Crippen LogP contribution in [0.25, 0.3) is 0 Å². The highest BCUT2D eigenvalue weighted by molar-refractivity contribution is 5.76. The number of carbonyl (C=O) groups excluding carboxylic acids is 1. The fourth-order valence-corrected chi connectivity index (χ4v) is 1.87. The number of esters is 1. The quantitative estimate of drug-likeness (QED) is 0.761. The first-order chi connectivity index (χ1) is 8.69. The Morgan fingerprint density at radius 3 is 2.72 bits per heavy atom. The van der Waals surface area contributed by atoms with E-state index in [0.29, 0.717) is 13.0 Å². The van der Waals surface area contributed by atoms with Crippen LogP contribution in [0.3, 0.4) is 0 Å². The Bertz CT molecular complexity index is 404. The molecule has 2 rings (SSSR count). The van der Waals surface area contributed by atoms with Crippen molar-refractivity contribution in [3.63, 3.8) is 0 Å². The van der Waals surface area contributed by atoms with Gasteiger partial charge in [-0.3, -0.25) is 4.79 Å². The van der Waals surface area contributed by atoms with Gasteiger partial charge in [-0.15, -0.1) is 0 Å². The van der Waals surface area contributed by atoms with Crippen molar-refractivity contribution in [2.75, 3.05) is 13.7 Å². The third-order valence-corrected chi connectivity index (χ3v) is 2.93. The van der Waals surface area contributed by atoms with Crippen LogP contribution in [-0.4, -0.2) is 36.9 Å². The SMILES string of the molecule is COc1ccc(COC(=O)[C@@H]2CC(O)CN2)cc1. The average molecular weight is 251 g/mol. The number of methoxy groups -OCH3 is 1. The molecule has 0 saturated carbocycles. The molecule has 0 aromatic heterocycles. The fourth-order valence-electron chi connectivity index (χ4n) is 1.87. The molecule has 98 valence electrons. The van der Waals surface area contributed by atoms with Crippen LogP contribution in [0.5, 0.6) is 5.75 Å². The van der Waals surface area contributed by atoms with Gasteiger partial charge in [0.25, 0.3) is 0 Å². The first-order valence-corrected chi connectivity index (χ1v) is 5.90. The van der Waals surface area contributed by atoms with E-state index < -0.39 is 12.1 Å². The van der Waals surface area contributed by atoms with Crippen molar-refractivity contribution in [1.29, 1.82) is 0 Å². The van der Waals surface area contributed by atoms with Crippen LogP contribution >= 0.6 is 0 Å². The molecule has 5 nitrogen and oxygen atoms in total. The molecule has 1 aliphatic rings. The molecule has 1 saturated heterocycles. The number of aliphatic hydroxyl groups is 1. The first-order valence-electron chi connectivity index (χ1n) is 5.90. The molecule has 0 aliphatic carbocycles. The lowest BCUT2D eigenvalue weighted by molar-refractivity contribution is -0.147. The van der Waals surface area contributed by atoms with E-state index in [1.165, 1.54) is 0 Å². The minimum absolute atomic E-state index is 0.233. The van der Waals surface area contributed by atoms with Crippen molar-refractivity contribution in [1.82, 2.24) is 5.32 Å². The van der Waals surface area contributed by atoms with Gasteiger partial charge in [0.05, 0.1) is 13.2 Å². The molecular formula is C13H17NO4. The molecule has 1 aromatic carbocycles. The number of carbonyl (C=O) groups is 1. The molecule has 0 amide bonds. The highest BCUT2D eigenvalue weighted by Crippen LogP contribution is 2.13. The summed E-state index contributed by atoms with van der Waals surface area (Å²) in [5.74, 6) is 0.452. The van der Waals surface area contributed by atoms with Gasteiger partial charge in [-0.05, 0) is 17.7 Å². The molecule has 2 N–H and O–H groups in total. The van der Waals surface area contributed by atoms with Gasteiger partial charge >= 0.3 is 5.97 Å². The number of hydrogen-bond acceptors (Lipinski definition) is 5. The van der Waals surface area contributed by atoms with Gasteiger partial charge < -0.3 is 19.9 Å². The second kappa shape index (κ2) is 5.84. The number of β-amino-alcohol motifs (C(OH)–C–C–N with tert-alkyl or cyclic N) is 1. The number of nitrogens with one attached hydrogen (secondary N) is 1.